The number of rotatable bonds is 2. The Hall–Kier alpha value is -1.16. The van der Waals surface area contributed by atoms with E-state index in [1.807, 2.05) is 18.2 Å². The topological polar surface area (TPSA) is 46.0 Å². The van der Waals surface area contributed by atoms with Crippen molar-refractivity contribution in [1.29, 1.82) is 0 Å². The Morgan fingerprint density at radius 1 is 1.12 bits per heavy atom. The monoisotopic (exact) mass is 254 g/mol. The van der Waals surface area contributed by atoms with E-state index in [0.29, 0.717) is 5.56 Å². The standard InChI is InChI=1S/C11H8Cl2N2O/c12-10-8(6-14-11(13)15-10)9(16)7-4-2-1-3-5-7/h1-6,9,16H. The lowest BCUT2D eigenvalue weighted by molar-refractivity contribution is 0.219. The van der Waals surface area contributed by atoms with Crippen molar-refractivity contribution in [2.45, 2.75) is 6.10 Å². The fraction of sp³-hybridized carbons (Fsp3) is 0.0909. The molecule has 82 valence electrons. The van der Waals surface area contributed by atoms with Crippen LogP contribution in [0.2, 0.25) is 10.4 Å². The molecule has 0 spiro atoms. The fourth-order valence-corrected chi connectivity index (χ4v) is 1.76. The van der Waals surface area contributed by atoms with E-state index in [0.717, 1.165) is 5.56 Å². The molecule has 2 aromatic rings. The van der Waals surface area contributed by atoms with Gasteiger partial charge in [0.25, 0.3) is 0 Å². The summed E-state index contributed by atoms with van der Waals surface area (Å²) in [4.78, 5) is 7.58. The summed E-state index contributed by atoms with van der Waals surface area (Å²) in [7, 11) is 0. The summed E-state index contributed by atoms with van der Waals surface area (Å²) in [5.74, 6) is 0. The molecule has 0 aliphatic carbocycles. The molecule has 0 saturated heterocycles. The first-order chi connectivity index (χ1) is 7.68. The van der Waals surface area contributed by atoms with Gasteiger partial charge in [0.05, 0.1) is 0 Å². The number of aromatic nitrogens is 2. The number of aliphatic hydroxyl groups is 1. The molecule has 2 rings (SSSR count). The van der Waals surface area contributed by atoms with Crippen molar-refractivity contribution in [3.05, 3.63) is 58.1 Å². The van der Waals surface area contributed by atoms with Crippen LogP contribution in [-0.4, -0.2) is 15.1 Å². The van der Waals surface area contributed by atoms with Crippen molar-refractivity contribution in [3.8, 4) is 0 Å². The second-order valence-corrected chi connectivity index (χ2v) is 3.89. The average molecular weight is 255 g/mol. The van der Waals surface area contributed by atoms with Crippen LogP contribution >= 0.6 is 23.2 Å². The van der Waals surface area contributed by atoms with Crippen LogP contribution in [-0.2, 0) is 0 Å². The molecule has 16 heavy (non-hydrogen) atoms. The SMILES string of the molecule is OC(c1ccccc1)c1cnc(Cl)nc1Cl. The second-order valence-electron chi connectivity index (χ2n) is 3.20. The van der Waals surface area contributed by atoms with E-state index in [4.69, 9.17) is 23.2 Å². The highest BCUT2D eigenvalue weighted by Gasteiger charge is 2.15. The van der Waals surface area contributed by atoms with Crippen molar-refractivity contribution in [2.75, 3.05) is 0 Å². The van der Waals surface area contributed by atoms with Crippen molar-refractivity contribution in [3.63, 3.8) is 0 Å². The lowest BCUT2D eigenvalue weighted by Gasteiger charge is -2.11. The maximum absolute atomic E-state index is 10.1. The van der Waals surface area contributed by atoms with E-state index in [9.17, 15) is 5.11 Å². The van der Waals surface area contributed by atoms with Gasteiger partial charge >= 0.3 is 0 Å². The second kappa shape index (κ2) is 4.78. The van der Waals surface area contributed by atoms with E-state index >= 15 is 0 Å². The van der Waals surface area contributed by atoms with Gasteiger partial charge in [0.15, 0.2) is 0 Å². The Balaban J connectivity index is 2.38. The minimum Gasteiger partial charge on any atom is -0.383 e. The van der Waals surface area contributed by atoms with Gasteiger partial charge in [0.1, 0.15) is 11.3 Å². The number of halogens is 2. The van der Waals surface area contributed by atoms with E-state index in [1.54, 1.807) is 12.1 Å². The first-order valence-corrected chi connectivity index (χ1v) is 5.35. The van der Waals surface area contributed by atoms with E-state index in [1.165, 1.54) is 6.20 Å². The molecule has 0 bridgehead atoms. The van der Waals surface area contributed by atoms with Crippen molar-refractivity contribution in [1.82, 2.24) is 9.97 Å². The molecule has 0 amide bonds. The van der Waals surface area contributed by atoms with Gasteiger partial charge < -0.3 is 5.11 Å². The molecule has 0 aliphatic heterocycles. The largest absolute Gasteiger partial charge is 0.383 e. The third kappa shape index (κ3) is 2.32. The summed E-state index contributed by atoms with van der Waals surface area (Å²) >= 11 is 11.5. The lowest BCUT2D eigenvalue weighted by Crippen LogP contribution is -2.02. The van der Waals surface area contributed by atoms with Crippen molar-refractivity contribution in [2.24, 2.45) is 0 Å². The van der Waals surface area contributed by atoms with Crippen LogP contribution in [0.1, 0.15) is 17.2 Å². The molecular formula is C11H8Cl2N2O. The van der Waals surface area contributed by atoms with Gasteiger partial charge in [0, 0.05) is 11.8 Å². The number of hydrogen-bond donors (Lipinski definition) is 1. The Bertz CT molecular complexity index is 491. The van der Waals surface area contributed by atoms with E-state index in [2.05, 4.69) is 9.97 Å². The third-order valence-corrected chi connectivity index (χ3v) is 2.63. The van der Waals surface area contributed by atoms with Gasteiger partial charge in [-0.2, -0.15) is 0 Å². The summed E-state index contributed by atoms with van der Waals surface area (Å²) in [5.41, 5.74) is 1.17. The van der Waals surface area contributed by atoms with Gasteiger partial charge in [-0.15, -0.1) is 0 Å². The maximum atomic E-state index is 10.1. The fourth-order valence-electron chi connectivity index (χ4n) is 1.35. The predicted molar refractivity (Wildman–Crippen MR) is 62.6 cm³/mol. The first kappa shape index (κ1) is 11.3. The van der Waals surface area contributed by atoms with Gasteiger partial charge in [-0.1, -0.05) is 41.9 Å². The Labute approximate surface area is 103 Å². The average Bonchev–Trinajstić information content (AvgIpc) is 2.29. The van der Waals surface area contributed by atoms with Crippen LogP contribution in [0.15, 0.2) is 36.5 Å². The molecular weight excluding hydrogens is 247 g/mol. The normalized spacial score (nSPS) is 12.4. The van der Waals surface area contributed by atoms with Crippen LogP contribution in [0.25, 0.3) is 0 Å². The molecule has 3 nitrogen and oxygen atoms in total. The molecule has 1 atom stereocenters. The predicted octanol–water partition coefficient (Wildman–Crippen LogP) is 2.87. The molecule has 1 aromatic carbocycles. The zero-order valence-electron chi connectivity index (χ0n) is 8.14. The summed E-state index contributed by atoms with van der Waals surface area (Å²) < 4.78 is 0. The minimum absolute atomic E-state index is 0.0639. The Morgan fingerprint density at radius 2 is 1.81 bits per heavy atom. The third-order valence-electron chi connectivity index (χ3n) is 2.15. The highest BCUT2D eigenvalue weighted by atomic mass is 35.5. The van der Waals surface area contributed by atoms with E-state index in [-0.39, 0.29) is 10.4 Å². The van der Waals surface area contributed by atoms with Gasteiger partial charge in [-0.05, 0) is 17.2 Å². The molecule has 0 fully saturated rings. The number of benzene rings is 1. The van der Waals surface area contributed by atoms with Crippen molar-refractivity contribution >= 4 is 23.2 Å². The first-order valence-electron chi connectivity index (χ1n) is 4.59. The molecule has 5 heteroatoms. The summed E-state index contributed by atoms with van der Waals surface area (Å²) in [6.07, 6.45) is 0.584. The zero-order valence-corrected chi connectivity index (χ0v) is 9.65. The molecule has 1 N–H and O–H groups in total. The Morgan fingerprint density at radius 3 is 2.44 bits per heavy atom. The van der Waals surface area contributed by atoms with Crippen molar-refractivity contribution < 1.29 is 5.11 Å². The van der Waals surface area contributed by atoms with Gasteiger partial charge in [-0.25, -0.2) is 9.97 Å². The number of hydrogen-bond acceptors (Lipinski definition) is 3. The molecule has 0 radical (unpaired) electrons. The number of aliphatic hydroxyl groups excluding tert-OH is 1. The quantitative estimate of drug-likeness (QED) is 0.663. The minimum atomic E-state index is -0.842. The molecule has 1 heterocycles. The van der Waals surface area contributed by atoms with Crippen LogP contribution < -0.4 is 0 Å². The smallest absolute Gasteiger partial charge is 0.223 e. The van der Waals surface area contributed by atoms with Crippen LogP contribution in [0.4, 0.5) is 0 Å². The van der Waals surface area contributed by atoms with Gasteiger partial charge in [0.2, 0.25) is 5.28 Å². The molecule has 0 saturated carbocycles. The van der Waals surface area contributed by atoms with Gasteiger partial charge in [-0.3, -0.25) is 0 Å². The highest BCUT2D eigenvalue weighted by molar-refractivity contribution is 6.32. The summed E-state index contributed by atoms with van der Waals surface area (Å²) in [5, 5.41) is 10.3. The Kier molecular flexibility index (Phi) is 3.39. The lowest BCUT2D eigenvalue weighted by atomic mass is 10.0. The summed E-state index contributed by atoms with van der Waals surface area (Å²) in [6, 6.07) is 9.15. The summed E-state index contributed by atoms with van der Waals surface area (Å²) in [6.45, 7) is 0. The van der Waals surface area contributed by atoms with Crippen LogP contribution in [0, 0.1) is 0 Å². The molecule has 1 aromatic heterocycles. The maximum Gasteiger partial charge on any atom is 0.223 e. The number of nitrogens with zero attached hydrogens (tertiary/aromatic N) is 2. The molecule has 0 aliphatic rings. The van der Waals surface area contributed by atoms with E-state index < -0.39 is 6.10 Å². The highest BCUT2D eigenvalue weighted by Crippen LogP contribution is 2.26. The zero-order chi connectivity index (χ0) is 11.5. The van der Waals surface area contributed by atoms with Crippen LogP contribution in [0.5, 0.6) is 0 Å². The van der Waals surface area contributed by atoms with Crippen LogP contribution in [0.3, 0.4) is 0 Å². The molecule has 1 unspecified atom stereocenters.